The number of nitrogens with two attached hydrogens (primary N) is 1. The van der Waals surface area contributed by atoms with Gasteiger partial charge in [0.15, 0.2) is 0 Å². The first-order chi connectivity index (χ1) is 10.9. The predicted octanol–water partition coefficient (Wildman–Crippen LogP) is 5.12. The number of halogens is 1. The third-order valence-electron chi connectivity index (χ3n) is 3.98. The molecule has 3 nitrogen and oxygen atoms in total. The standard InChI is InChI=1S/C20H26N2O.ClH/c1-13(2)17-6-5-7-18(14(3)4)20(17)22-19(23)12-15-8-10-16(21)11-9-15;/h5-11,13-14H,12,21H2,1-4H3,(H,22,23);1H. The fraction of sp³-hybridized carbons (Fsp3) is 0.350. The summed E-state index contributed by atoms with van der Waals surface area (Å²) in [5.41, 5.74) is 10.7. The van der Waals surface area contributed by atoms with Crippen molar-refractivity contribution in [3.8, 4) is 0 Å². The van der Waals surface area contributed by atoms with Crippen molar-refractivity contribution in [1.82, 2.24) is 0 Å². The summed E-state index contributed by atoms with van der Waals surface area (Å²) in [7, 11) is 0. The van der Waals surface area contributed by atoms with E-state index < -0.39 is 0 Å². The molecular weight excluding hydrogens is 320 g/mol. The monoisotopic (exact) mass is 346 g/mol. The van der Waals surface area contributed by atoms with Gasteiger partial charge in [-0.05, 0) is 40.7 Å². The molecule has 0 fully saturated rings. The molecule has 2 rings (SSSR count). The van der Waals surface area contributed by atoms with Crippen LogP contribution in [0.4, 0.5) is 11.4 Å². The highest BCUT2D eigenvalue weighted by Crippen LogP contribution is 2.32. The summed E-state index contributed by atoms with van der Waals surface area (Å²) in [6, 6.07) is 13.7. The molecule has 0 saturated carbocycles. The van der Waals surface area contributed by atoms with Gasteiger partial charge < -0.3 is 11.1 Å². The van der Waals surface area contributed by atoms with E-state index in [-0.39, 0.29) is 18.3 Å². The molecule has 0 unspecified atom stereocenters. The first kappa shape index (κ1) is 20.0. The van der Waals surface area contributed by atoms with Crippen LogP contribution < -0.4 is 11.1 Å². The molecule has 0 radical (unpaired) electrons. The van der Waals surface area contributed by atoms with E-state index in [2.05, 4.69) is 51.2 Å². The van der Waals surface area contributed by atoms with Crippen LogP contribution in [-0.2, 0) is 11.2 Å². The van der Waals surface area contributed by atoms with Crippen LogP contribution >= 0.6 is 12.4 Å². The second kappa shape index (κ2) is 8.74. The normalized spacial score (nSPS) is 10.6. The average molecular weight is 347 g/mol. The van der Waals surface area contributed by atoms with Crippen LogP contribution in [0.1, 0.15) is 56.2 Å². The van der Waals surface area contributed by atoms with E-state index in [1.54, 1.807) is 0 Å². The van der Waals surface area contributed by atoms with Gasteiger partial charge in [0.1, 0.15) is 0 Å². The molecule has 0 aromatic heterocycles. The maximum atomic E-state index is 12.5. The molecular formula is C20H27ClN2O. The molecule has 0 heterocycles. The van der Waals surface area contributed by atoms with Crippen LogP contribution in [0.2, 0.25) is 0 Å². The largest absolute Gasteiger partial charge is 0.399 e. The molecule has 0 spiro atoms. The Bertz CT molecular complexity index is 652. The van der Waals surface area contributed by atoms with E-state index in [0.717, 1.165) is 11.3 Å². The van der Waals surface area contributed by atoms with Gasteiger partial charge in [0.05, 0.1) is 6.42 Å². The summed E-state index contributed by atoms with van der Waals surface area (Å²) >= 11 is 0. The van der Waals surface area contributed by atoms with Gasteiger partial charge in [-0.3, -0.25) is 4.79 Å². The number of nitrogen functional groups attached to an aromatic ring is 1. The van der Waals surface area contributed by atoms with Crippen LogP contribution in [-0.4, -0.2) is 5.91 Å². The molecule has 4 heteroatoms. The number of amides is 1. The number of carbonyl (C=O) groups is 1. The van der Waals surface area contributed by atoms with Crippen molar-refractivity contribution in [3.63, 3.8) is 0 Å². The highest BCUT2D eigenvalue weighted by atomic mass is 35.5. The second-order valence-electron chi connectivity index (χ2n) is 6.59. The fourth-order valence-corrected chi connectivity index (χ4v) is 2.70. The summed E-state index contributed by atoms with van der Waals surface area (Å²) in [5, 5.41) is 3.13. The molecule has 3 N–H and O–H groups in total. The molecule has 0 saturated heterocycles. The topological polar surface area (TPSA) is 55.1 Å². The lowest BCUT2D eigenvalue weighted by Crippen LogP contribution is -2.17. The SMILES string of the molecule is CC(C)c1cccc(C(C)C)c1NC(=O)Cc1ccc(N)cc1.Cl. The molecule has 0 aliphatic carbocycles. The van der Waals surface area contributed by atoms with Crippen LogP contribution in [0, 0.1) is 0 Å². The summed E-state index contributed by atoms with van der Waals surface area (Å²) in [6.07, 6.45) is 0.351. The quantitative estimate of drug-likeness (QED) is 0.738. The average Bonchev–Trinajstić information content (AvgIpc) is 2.49. The van der Waals surface area contributed by atoms with Gasteiger partial charge in [0.2, 0.25) is 5.91 Å². The maximum Gasteiger partial charge on any atom is 0.228 e. The Balaban J connectivity index is 0.00000288. The molecule has 0 aliphatic heterocycles. The minimum Gasteiger partial charge on any atom is -0.399 e. The predicted molar refractivity (Wildman–Crippen MR) is 105 cm³/mol. The first-order valence-corrected chi connectivity index (χ1v) is 8.15. The van der Waals surface area contributed by atoms with Crippen LogP contribution in [0.15, 0.2) is 42.5 Å². The van der Waals surface area contributed by atoms with Gasteiger partial charge >= 0.3 is 0 Å². The second-order valence-corrected chi connectivity index (χ2v) is 6.59. The number of rotatable bonds is 5. The number of hydrogen-bond donors (Lipinski definition) is 2. The lowest BCUT2D eigenvalue weighted by Gasteiger charge is -2.20. The Hall–Kier alpha value is -2.00. The molecule has 2 aromatic carbocycles. The van der Waals surface area contributed by atoms with Gasteiger partial charge in [0, 0.05) is 11.4 Å². The maximum absolute atomic E-state index is 12.5. The van der Waals surface area contributed by atoms with E-state index in [0.29, 0.717) is 23.9 Å². The zero-order valence-corrected chi connectivity index (χ0v) is 15.6. The van der Waals surface area contributed by atoms with Gasteiger partial charge in [-0.15, -0.1) is 12.4 Å². The number of hydrogen-bond acceptors (Lipinski definition) is 2. The molecule has 0 bridgehead atoms. The van der Waals surface area contributed by atoms with Gasteiger partial charge in [-0.25, -0.2) is 0 Å². The molecule has 2 aromatic rings. The molecule has 0 atom stereocenters. The molecule has 1 amide bonds. The van der Waals surface area contributed by atoms with Gasteiger partial charge in [-0.1, -0.05) is 58.0 Å². The summed E-state index contributed by atoms with van der Waals surface area (Å²) < 4.78 is 0. The van der Waals surface area contributed by atoms with E-state index in [4.69, 9.17) is 5.73 Å². The van der Waals surface area contributed by atoms with E-state index >= 15 is 0 Å². The molecule has 130 valence electrons. The van der Waals surface area contributed by atoms with Gasteiger partial charge in [0.25, 0.3) is 0 Å². The Morgan fingerprint density at radius 2 is 1.46 bits per heavy atom. The zero-order chi connectivity index (χ0) is 17.0. The highest BCUT2D eigenvalue weighted by Gasteiger charge is 2.16. The van der Waals surface area contributed by atoms with Crippen LogP contribution in [0.3, 0.4) is 0 Å². The van der Waals surface area contributed by atoms with E-state index in [1.165, 1.54) is 11.1 Å². The summed E-state index contributed by atoms with van der Waals surface area (Å²) in [6.45, 7) is 8.59. The number of carbonyl (C=O) groups excluding carboxylic acids is 1. The Morgan fingerprint density at radius 1 is 0.958 bits per heavy atom. The fourth-order valence-electron chi connectivity index (χ4n) is 2.70. The Morgan fingerprint density at radius 3 is 1.92 bits per heavy atom. The van der Waals surface area contributed by atoms with Gasteiger partial charge in [-0.2, -0.15) is 0 Å². The van der Waals surface area contributed by atoms with Crippen molar-refractivity contribution < 1.29 is 4.79 Å². The van der Waals surface area contributed by atoms with Crippen molar-refractivity contribution in [2.24, 2.45) is 0 Å². The number of nitrogens with one attached hydrogen (secondary N) is 1. The van der Waals surface area contributed by atoms with Crippen molar-refractivity contribution in [2.45, 2.75) is 46.0 Å². The smallest absolute Gasteiger partial charge is 0.228 e. The Kier molecular flexibility index (Phi) is 7.30. The van der Waals surface area contributed by atoms with E-state index in [1.807, 2.05) is 24.3 Å². The lowest BCUT2D eigenvalue weighted by molar-refractivity contribution is -0.115. The highest BCUT2D eigenvalue weighted by molar-refractivity contribution is 5.94. The molecule has 24 heavy (non-hydrogen) atoms. The Labute approximate surface area is 151 Å². The molecule has 0 aliphatic rings. The summed E-state index contributed by atoms with van der Waals surface area (Å²) in [5.74, 6) is 0.728. The van der Waals surface area contributed by atoms with Crippen molar-refractivity contribution >= 4 is 29.7 Å². The van der Waals surface area contributed by atoms with Crippen molar-refractivity contribution in [2.75, 3.05) is 11.1 Å². The summed E-state index contributed by atoms with van der Waals surface area (Å²) in [4.78, 5) is 12.5. The number of anilines is 2. The number of para-hydroxylation sites is 1. The van der Waals surface area contributed by atoms with Crippen molar-refractivity contribution in [3.05, 3.63) is 59.2 Å². The van der Waals surface area contributed by atoms with E-state index in [9.17, 15) is 4.79 Å². The number of benzene rings is 2. The minimum absolute atomic E-state index is 0. The zero-order valence-electron chi connectivity index (χ0n) is 14.8. The van der Waals surface area contributed by atoms with Crippen molar-refractivity contribution in [1.29, 1.82) is 0 Å². The lowest BCUT2D eigenvalue weighted by atomic mass is 9.92. The van der Waals surface area contributed by atoms with Crippen LogP contribution in [0.5, 0.6) is 0 Å². The minimum atomic E-state index is 0. The third kappa shape index (κ3) is 5.00. The third-order valence-corrected chi connectivity index (χ3v) is 3.98. The first-order valence-electron chi connectivity index (χ1n) is 8.15. The van der Waals surface area contributed by atoms with Crippen LogP contribution in [0.25, 0.3) is 0 Å².